The number of anilines is 1. The van der Waals surface area contributed by atoms with Gasteiger partial charge in [-0.05, 0) is 24.6 Å². The second-order valence-corrected chi connectivity index (χ2v) is 7.29. The second-order valence-electron chi connectivity index (χ2n) is 4.56. The van der Waals surface area contributed by atoms with E-state index in [1.54, 1.807) is 0 Å². The van der Waals surface area contributed by atoms with Gasteiger partial charge >= 0.3 is 6.03 Å². The van der Waals surface area contributed by atoms with Crippen LogP contribution in [-0.4, -0.2) is 23.6 Å². The molecule has 1 saturated heterocycles. The maximum absolute atomic E-state index is 11.8. The number of amides is 2. The van der Waals surface area contributed by atoms with Gasteiger partial charge in [0.05, 0.1) is 17.1 Å². The number of thioether (sulfide) groups is 2. The lowest BCUT2D eigenvalue weighted by atomic mass is 10.2. The molecule has 2 amide bonds. The number of urea groups is 1. The Hall–Kier alpha value is -1.32. The van der Waals surface area contributed by atoms with Crippen LogP contribution in [0.1, 0.15) is 23.5 Å². The summed E-state index contributed by atoms with van der Waals surface area (Å²) in [5.41, 5.74) is 2.03. The van der Waals surface area contributed by atoms with Crippen LogP contribution in [0.3, 0.4) is 0 Å². The van der Waals surface area contributed by atoms with Crippen molar-refractivity contribution in [3.05, 3.63) is 29.8 Å². The Morgan fingerprint density at radius 2 is 2.25 bits per heavy atom. The average molecular weight is 307 g/mol. The van der Waals surface area contributed by atoms with Gasteiger partial charge in [0, 0.05) is 23.2 Å². The molecule has 1 heterocycles. The van der Waals surface area contributed by atoms with E-state index in [0.29, 0.717) is 11.0 Å². The molecular weight excluding hydrogens is 290 g/mol. The number of hydrogen-bond donors (Lipinski definition) is 2. The van der Waals surface area contributed by atoms with E-state index in [-0.39, 0.29) is 12.1 Å². The lowest BCUT2D eigenvalue weighted by Crippen LogP contribution is -2.35. The van der Waals surface area contributed by atoms with Gasteiger partial charge in [-0.1, -0.05) is 12.1 Å². The zero-order chi connectivity index (χ0) is 14.4. The monoisotopic (exact) mass is 307 g/mol. The summed E-state index contributed by atoms with van der Waals surface area (Å²) in [6.07, 6.45) is 0.308. The molecule has 1 aliphatic rings. The Bertz CT molecular complexity index is 509. The van der Waals surface area contributed by atoms with Gasteiger partial charge in [-0.25, -0.2) is 4.79 Å². The quantitative estimate of drug-likeness (QED) is 0.892. The summed E-state index contributed by atoms with van der Waals surface area (Å²) in [6, 6.07) is 9.57. The molecule has 1 aromatic rings. The van der Waals surface area contributed by atoms with Crippen molar-refractivity contribution in [1.82, 2.24) is 5.32 Å². The zero-order valence-electron chi connectivity index (χ0n) is 11.3. The van der Waals surface area contributed by atoms with Crippen molar-refractivity contribution in [2.45, 2.75) is 24.0 Å². The normalized spacial score (nSPS) is 16.4. The first-order valence-corrected chi connectivity index (χ1v) is 8.56. The van der Waals surface area contributed by atoms with Crippen LogP contribution in [0.2, 0.25) is 0 Å². The third-order valence-electron chi connectivity index (χ3n) is 2.81. The largest absolute Gasteiger partial charge is 0.334 e. The Morgan fingerprint density at radius 3 is 2.95 bits per heavy atom. The molecule has 2 rings (SSSR count). The minimum atomic E-state index is -0.267. The van der Waals surface area contributed by atoms with Crippen molar-refractivity contribution >= 4 is 35.2 Å². The molecule has 1 aromatic carbocycles. The maximum Gasteiger partial charge on any atom is 0.319 e. The number of nitrogens with zero attached hydrogens (tertiary/aromatic N) is 1. The molecule has 1 unspecified atom stereocenters. The number of rotatable bonds is 4. The molecule has 4 nitrogen and oxygen atoms in total. The lowest BCUT2D eigenvalue weighted by Gasteiger charge is -2.13. The highest BCUT2D eigenvalue weighted by molar-refractivity contribution is 8.19. The Labute approximate surface area is 127 Å². The zero-order valence-corrected chi connectivity index (χ0v) is 12.9. The minimum Gasteiger partial charge on any atom is -0.334 e. The first-order chi connectivity index (χ1) is 9.69. The fraction of sp³-hybridized carbons (Fsp3) is 0.429. The molecule has 6 heteroatoms. The van der Waals surface area contributed by atoms with Crippen LogP contribution in [0.4, 0.5) is 10.5 Å². The van der Waals surface area contributed by atoms with Crippen molar-refractivity contribution in [1.29, 1.82) is 5.26 Å². The van der Waals surface area contributed by atoms with Gasteiger partial charge in [0.15, 0.2) is 0 Å². The van der Waals surface area contributed by atoms with Crippen LogP contribution in [0.25, 0.3) is 0 Å². The van der Waals surface area contributed by atoms with Gasteiger partial charge in [-0.2, -0.15) is 5.26 Å². The van der Waals surface area contributed by atoms with Crippen LogP contribution in [0, 0.1) is 11.3 Å². The summed E-state index contributed by atoms with van der Waals surface area (Å²) >= 11 is 3.88. The highest BCUT2D eigenvalue weighted by Gasteiger charge is 2.18. The van der Waals surface area contributed by atoms with E-state index >= 15 is 0 Å². The molecule has 106 valence electrons. The summed E-state index contributed by atoms with van der Waals surface area (Å²) in [4.78, 5) is 11.8. The van der Waals surface area contributed by atoms with E-state index in [1.165, 1.54) is 17.1 Å². The van der Waals surface area contributed by atoms with Gasteiger partial charge in [0.25, 0.3) is 0 Å². The SMILES string of the molecule is CC(CC#N)NC(=O)Nc1cccc(C2SCCS2)c1. The number of carbonyl (C=O) groups is 1. The van der Waals surface area contributed by atoms with Crippen molar-refractivity contribution in [3.8, 4) is 6.07 Å². The fourth-order valence-corrected chi connectivity index (χ4v) is 4.73. The second kappa shape index (κ2) is 7.46. The van der Waals surface area contributed by atoms with Gasteiger partial charge in [-0.15, -0.1) is 23.5 Å². The predicted molar refractivity (Wildman–Crippen MR) is 85.9 cm³/mol. The summed E-state index contributed by atoms with van der Waals surface area (Å²) < 4.78 is 0.470. The molecule has 0 bridgehead atoms. The molecule has 1 fully saturated rings. The predicted octanol–water partition coefficient (Wildman–Crippen LogP) is 3.59. The Morgan fingerprint density at radius 1 is 1.50 bits per heavy atom. The van der Waals surface area contributed by atoms with Crippen molar-refractivity contribution in [2.24, 2.45) is 0 Å². The summed E-state index contributed by atoms with van der Waals surface area (Å²) in [5.74, 6) is 2.36. The number of nitriles is 1. The molecule has 1 aliphatic heterocycles. The highest BCUT2D eigenvalue weighted by Crippen LogP contribution is 2.45. The van der Waals surface area contributed by atoms with E-state index in [9.17, 15) is 4.79 Å². The third kappa shape index (κ3) is 4.36. The van der Waals surface area contributed by atoms with Crippen LogP contribution in [-0.2, 0) is 0 Å². The topological polar surface area (TPSA) is 64.9 Å². The fourth-order valence-electron chi connectivity index (χ4n) is 1.89. The highest BCUT2D eigenvalue weighted by atomic mass is 32.2. The van der Waals surface area contributed by atoms with Gasteiger partial charge in [0.1, 0.15) is 0 Å². The van der Waals surface area contributed by atoms with E-state index in [2.05, 4.69) is 16.7 Å². The van der Waals surface area contributed by atoms with Crippen molar-refractivity contribution in [2.75, 3.05) is 16.8 Å². The van der Waals surface area contributed by atoms with E-state index < -0.39 is 0 Å². The summed E-state index contributed by atoms with van der Waals surface area (Å²) in [5, 5.41) is 14.1. The van der Waals surface area contributed by atoms with Crippen LogP contribution in [0.5, 0.6) is 0 Å². The van der Waals surface area contributed by atoms with E-state index in [1.807, 2.05) is 54.7 Å². The number of nitrogens with one attached hydrogen (secondary N) is 2. The van der Waals surface area contributed by atoms with Crippen molar-refractivity contribution < 1.29 is 4.79 Å². The van der Waals surface area contributed by atoms with Crippen LogP contribution < -0.4 is 10.6 Å². The molecule has 1 atom stereocenters. The maximum atomic E-state index is 11.8. The van der Waals surface area contributed by atoms with E-state index in [4.69, 9.17) is 5.26 Å². The third-order valence-corrected chi connectivity index (χ3v) is 5.92. The molecule has 0 radical (unpaired) electrons. The smallest absolute Gasteiger partial charge is 0.319 e. The molecule has 0 saturated carbocycles. The first-order valence-electron chi connectivity index (χ1n) is 6.46. The number of hydrogen-bond acceptors (Lipinski definition) is 4. The van der Waals surface area contributed by atoms with Gasteiger partial charge in [0.2, 0.25) is 0 Å². The minimum absolute atomic E-state index is 0.149. The summed E-state index contributed by atoms with van der Waals surface area (Å²) in [6.45, 7) is 1.81. The molecular formula is C14H17N3OS2. The molecule has 0 aliphatic carbocycles. The van der Waals surface area contributed by atoms with Gasteiger partial charge in [-0.3, -0.25) is 0 Å². The molecule has 2 N–H and O–H groups in total. The lowest BCUT2D eigenvalue weighted by molar-refractivity contribution is 0.249. The van der Waals surface area contributed by atoms with Crippen LogP contribution in [0.15, 0.2) is 24.3 Å². The summed E-state index contributed by atoms with van der Waals surface area (Å²) in [7, 11) is 0. The molecule has 20 heavy (non-hydrogen) atoms. The average Bonchev–Trinajstić information content (AvgIpc) is 2.92. The number of carbonyl (C=O) groups excluding carboxylic acids is 1. The Balaban J connectivity index is 1.94. The number of benzene rings is 1. The van der Waals surface area contributed by atoms with Crippen molar-refractivity contribution in [3.63, 3.8) is 0 Å². The van der Waals surface area contributed by atoms with Crippen LogP contribution >= 0.6 is 23.5 Å². The first kappa shape index (κ1) is 15.1. The molecule has 0 aromatic heterocycles. The van der Waals surface area contributed by atoms with E-state index in [0.717, 1.165) is 5.69 Å². The van der Waals surface area contributed by atoms with Gasteiger partial charge < -0.3 is 10.6 Å². The standard InChI is InChI=1S/C14H17N3OS2/c1-10(5-6-15)16-14(18)17-12-4-2-3-11(9-12)13-19-7-8-20-13/h2-4,9-10,13H,5,7-8H2,1H3,(H2,16,17,18). The molecule has 0 spiro atoms. The Kier molecular flexibility index (Phi) is 5.62.